The summed E-state index contributed by atoms with van der Waals surface area (Å²) < 4.78 is 6.93. The molecule has 0 radical (unpaired) electrons. The van der Waals surface area contributed by atoms with Gasteiger partial charge < -0.3 is 10.1 Å². The van der Waals surface area contributed by atoms with Gasteiger partial charge in [-0.15, -0.1) is 11.3 Å². The van der Waals surface area contributed by atoms with Crippen LogP contribution in [0.15, 0.2) is 58.5 Å². The zero-order valence-corrected chi connectivity index (χ0v) is 19.9. The molecule has 0 aliphatic heterocycles. The highest BCUT2D eigenvalue weighted by Crippen LogP contribution is 2.30. The van der Waals surface area contributed by atoms with Crippen molar-refractivity contribution in [2.45, 2.75) is 25.9 Å². The Bertz CT molecular complexity index is 1360. The minimum atomic E-state index is -0.202. The molecule has 164 valence electrons. The first-order valence-electron chi connectivity index (χ1n) is 10.0. The van der Waals surface area contributed by atoms with E-state index in [-0.39, 0.29) is 17.2 Å². The summed E-state index contributed by atoms with van der Waals surface area (Å²) in [6.07, 6.45) is 0. The van der Waals surface area contributed by atoms with Gasteiger partial charge in [0.05, 0.1) is 29.6 Å². The lowest BCUT2D eigenvalue weighted by Gasteiger charge is -2.13. The molecule has 0 unspecified atom stereocenters. The van der Waals surface area contributed by atoms with E-state index in [0.717, 1.165) is 21.7 Å². The fourth-order valence-corrected chi connectivity index (χ4v) is 5.30. The van der Waals surface area contributed by atoms with Crippen LogP contribution in [0.4, 0.5) is 5.69 Å². The number of aromatic nitrogens is 2. The van der Waals surface area contributed by atoms with Gasteiger partial charge in [0.1, 0.15) is 10.6 Å². The van der Waals surface area contributed by atoms with E-state index in [1.54, 1.807) is 11.7 Å². The predicted octanol–water partition coefficient (Wildman–Crippen LogP) is 5.11. The van der Waals surface area contributed by atoms with Crippen molar-refractivity contribution >= 4 is 44.9 Å². The summed E-state index contributed by atoms with van der Waals surface area (Å²) in [4.78, 5) is 32.7. The molecule has 32 heavy (non-hydrogen) atoms. The van der Waals surface area contributed by atoms with Gasteiger partial charge in [-0.3, -0.25) is 14.2 Å². The molecule has 2 aromatic heterocycles. The van der Waals surface area contributed by atoms with Gasteiger partial charge in [-0.05, 0) is 56.2 Å². The number of methoxy groups -OCH3 is 1. The summed E-state index contributed by atoms with van der Waals surface area (Å²) in [6, 6.07) is 15.0. The van der Waals surface area contributed by atoms with E-state index in [0.29, 0.717) is 26.8 Å². The summed E-state index contributed by atoms with van der Waals surface area (Å²) in [5.41, 5.74) is 3.19. The number of nitrogens with zero attached hydrogens (tertiary/aromatic N) is 2. The number of rotatable bonds is 6. The molecule has 0 spiro atoms. The summed E-state index contributed by atoms with van der Waals surface area (Å²) in [7, 11) is 1.57. The molecular formula is C24H23N3O3S2. The Hall–Kier alpha value is -3.10. The SMILES string of the molecule is COc1ccc(C)cc1NC(=O)CSc1nc2sc(C)c(C)c2c(=O)n1-c1ccccc1. The van der Waals surface area contributed by atoms with Crippen LogP contribution in [-0.4, -0.2) is 28.3 Å². The van der Waals surface area contributed by atoms with Crippen molar-refractivity contribution in [2.24, 2.45) is 0 Å². The number of nitrogens with one attached hydrogen (secondary N) is 1. The molecule has 0 atom stereocenters. The third-order valence-electron chi connectivity index (χ3n) is 5.15. The van der Waals surface area contributed by atoms with E-state index < -0.39 is 0 Å². The van der Waals surface area contributed by atoms with Gasteiger partial charge in [-0.2, -0.15) is 0 Å². The Morgan fingerprint density at radius 2 is 1.91 bits per heavy atom. The second kappa shape index (κ2) is 9.18. The maximum atomic E-state index is 13.4. The van der Waals surface area contributed by atoms with Crippen LogP contribution in [0.3, 0.4) is 0 Å². The zero-order chi connectivity index (χ0) is 22.8. The Morgan fingerprint density at radius 1 is 1.16 bits per heavy atom. The first-order valence-corrected chi connectivity index (χ1v) is 11.8. The fraction of sp³-hybridized carbons (Fsp3) is 0.208. The normalized spacial score (nSPS) is 11.0. The van der Waals surface area contributed by atoms with Crippen molar-refractivity contribution < 1.29 is 9.53 Å². The van der Waals surface area contributed by atoms with Crippen LogP contribution in [-0.2, 0) is 4.79 Å². The molecule has 0 bridgehead atoms. The van der Waals surface area contributed by atoms with Gasteiger partial charge in [-0.1, -0.05) is 36.0 Å². The largest absolute Gasteiger partial charge is 0.495 e. The number of carbonyl (C=O) groups is 1. The number of amides is 1. The van der Waals surface area contributed by atoms with Crippen molar-refractivity contribution in [1.29, 1.82) is 0 Å². The minimum Gasteiger partial charge on any atom is -0.495 e. The van der Waals surface area contributed by atoms with Crippen molar-refractivity contribution in [1.82, 2.24) is 9.55 Å². The molecule has 0 saturated heterocycles. The fourth-order valence-electron chi connectivity index (χ4n) is 3.41. The zero-order valence-electron chi connectivity index (χ0n) is 18.3. The van der Waals surface area contributed by atoms with Gasteiger partial charge in [0.2, 0.25) is 5.91 Å². The van der Waals surface area contributed by atoms with Crippen molar-refractivity contribution in [3.63, 3.8) is 0 Å². The van der Waals surface area contributed by atoms with Crippen LogP contribution in [0.5, 0.6) is 5.75 Å². The molecule has 8 heteroatoms. The van der Waals surface area contributed by atoms with E-state index in [9.17, 15) is 9.59 Å². The highest BCUT2D eigenvalue weighted by molar-refractivity contribution is 7.99. The number of ether oxygens (including phenoxy) is 1. The highest BCUT2D eigenvalue weighted by Gasteiger charge is 2.19. The number of hydrogen-bond donors (Lipinski definition) is 1. The summed E-state index contributed by atoms with van der Waals surface area (Å²) in [5, 5.41) is 4.02. The quantitative estimate of drug-likeness (QED) is 0.316. The average Bonchev–Trinajstić information content (AvgIpc) is 3.06. The number of aryl methyl sites for hydroxylation is 3. The van der Waals surface area contributed by atoms with Crippen LogP contribution < -0.4 is 15.6 Å². The van der Waals surface area contributed by atoms with E-state index in [1.165, 1.54) is 23.1 Å². The Morgan fingerprint density at radius 3 is 2.62 bits per heavy atom. The molecule has 1 N–H and O–H groups in total. The highest BCUT2D eigenvalue weighted by atomic mass is 32.2. The van der Waals surface area contributed by atoms with Crippen LogP contribution in [0.25, 0.3) is 15.9 Å². The Balaban J connectivity index is 1.68. The number of anilines is 1. The molecular weight excluding hydrogens is 442 g/mol. The Labute approximate surface area is 194 Å². The topological polar surface area (TPSA) is 73.2 Å². The van der Waals surface area contributed by atoms with E-state index in [1.807, 2.05) is 69.3 Å². The van der Waals surface area contributed by atoms with Gasteiger partial charge in [0.15, 0.2) is 5.16 Å². The number of fused-ring (bicyclic) bond motifs is 1. The molecule has 0 aliphatic carbocycles. The number of para-hydroxylation sites is 1. The maximum Gasteiger partial charge on any atom is 0.267 e. The first-order chi connectivity index (χ1) is 15.4. The number of hydrogen-bond acceptors (Lipinski definition) is 6. The molecule has 0 saturated carbocycles. The molecule has 4 rings (SSSR count). The van der Waals surface area contributed by atoms with Crippen molar-refractivity contribution in [3.05, 3.63) is 74.9 Å². The average molecular weight is 466 g/mol. The second-order valence-corrected chi connectivity index (χ2v) is 9.52. The van der Waals surface area contributed by atoms with E-state index >= 15 is 0 Å². The molecule has 0 fully saturated rings. The van der Waals surface area contributed by atoms with E-state index in [2.05, 4.69) is 5.32 Å². The number of thiophene rings is 1. The van der Waals surface area contributed by atoms with Gasteiger partial charge in [0.25, 0.3) is 5.56 Å². The van der Waals surface area contributed by atoms with Gasteiger partial charge >= 0.3 is 0 Å². The first kappa shape index (κ1) is 22.1. The molecule has 1 amide bonds. The van der Waals surface area contributed by atoms with Gasteiger partial charge in [0, 0.05) is 4.88 Å². The molecule has 0 aliphatic rings. The van der Waals surface area contributed by atoms with Crippen LogP contribution in [0.2, 0.25) is 0 Å². The Kier molecular flexibility index (Phi) is 6.34. The lowest BCUT2D eigenvalue weighted by molar-refractivity contribution is -0.113. The maximum absolute atomic E-state index is 13.4. The predicted molar refractivity (Wildman–Crippen MR) is 132 cm³/mol. The standard InChI is InChI=1S/C24H23N3O3S2/c1-14-10-11-19(30-4)18(12-14)25-20(28)13-31-24-26-22-21(15(2)16(3)32-22)23(29)27(24)17-8-6-5-7-9-17/h5-12H,13H2,1-4H3,(H,25,28). The lowest BCUT2D eigenvalue weighted by Crippen LogP contribution is -2.22. The lowest BCUT2D eigenvalue weighted by atomic mass is 10.2. The second-order valence-electron chi connectivity index (χ2n) is 7.37. The minimum absolute atomic E-state index is 0.102. The smallest absolute Gasteiger partial charge is 0.267 e. The summed E-state index contributed by atoms with van der Waals surface area (Å²) >= 11 is 2.74. The van der Waals surface area contributed by atoms with E-state index in [4.69, 9.17) is 9.72 Å². The number of carbonyl (C=O) groups excluding carboxylic acids is 1. The third-order valence-corrected chi connectivity index (χ3v) is 7.19. The van der Waals surface area contributed by atoms with Crippen molar-refractivity contribution in [3.8, 4) is 11.4 Å². The van der Waals surface area contributed by atoms with Crippen molar-refractivity contribution in [2.75, 3.05) is 18.2 Å². The third kappa shape index (κ3) is 4.28. The molecule has 2 aromatic carbocycles. The number of thioether (sulfide) groups is 1. The summed E-state index contributed by atoms with van der Waals surface area (Å²) in [5.74, 6) is 0.496. The molecule has 6 nitrogen and oxygen atoms in total. The molecule has 4 aromatic rings. The summed E-state index contributed by atoms with van der Waals surface area (Å²) in [6.45, 7) is 5.89. The monoisotopic (exact) mass is 465 g/mol. The van der Waals surface area contributed by atoms with Crippen LogP contribution in [0.1, 0.15) is 16.0 Å². The van der Waals surface area contributed by atoms with Crippen LogP contribution in [0, 0.1) is 20.8 Å². The number of benzene rings is 2. The van der Waals surface area contributed by atoms with Crippen LogP contribution >= 0.6 is 23.1 Å². The van der Waals surface area contributed by atoms with Gasteiger partial charge in [-0.25, -0.2) is 4.98 Å². The molecule has 2 heterocycles.